The molecule has 3 aromatic rings. The predicted molar refractivity (Wildman–Crippen MR) is 115 cm³/mol. The van der Waals surface area contributed by atoms with Crippen molar-refractivity contribution in [3.8, 4) is 11.5 Å². The highest BCUT2D eigenvalue weighted by atomic mass is 35.5. The molecule has 0 bridgehead atoms. The molecule has 3 N–H and O–H groups in total. The van der Waals surface area contributed by atoms with Crippen LogP contribution in [0.2, 0.25) is 10.0 Å². The Balaban J connectivity index is 1.67. The molecule has 1 aromatic heterocycles. The van der Waals surface area contributed by atoms with Gasteiger partial charge in [0, 0.05) is 21.3 Å². The average Bonchev–Trinajstić information content (AvgIpc) is 3.19. The molecule has 2 heterocycles. The van der Waals surface area contributed by atoms with E-state index in [1.807, 2.05) is 0 Å². The molecule has 0 radical (unpaired) electrons. The summed E-state index contributed by atoms with van der Waals surface area (Å²) in [6.45, 7) is 1.97. The summed E-state index contributed by atoms with van der Waals surface area (Å²) in [5, 5.41) is 15.7. The van der Waals surface area contributed by atoms with Crippen LogP contribution < -0.4 is 20.5 Å². The smallest absolute Gasteiger partial charge is 0.248 e. The van der Waals surface area contributed by atoms with Gasteiger partial charge < -0.3 is 20.5 Å². The maximum atomic E-state index is 12.2. The lowest BCUT2D eigenvalue weighted by Gasteiger charge is -2.27. The summed E-state index contributed by atoms with van der Waals surface area (Å²) < 4.78 is 12.9. The number of carbonyl (C=O) groups excluding carboxylic acids is 1. The number of hydrogen-bond acceptors (Lipinski definition) is 7. The second-order valence-corrected chi connectivity index (χ2v) is 7.66. The quantitative estimate of drug-likeness (QED) is 0.578. The van der Waals surface area contributed by atoms with E-state index in [0.717, 1.165) is 5.56 Å². The summed E-state index contributed by atoms with van der Waals surface area (Å²) in [5.41, 5.74) is 8.07. The SMILES string of the molecule is COc1cc(C2C(C(N)=O)=C(C)Nc3nnnn32)ccc1OCc1ccc(Cl)cc1Cl. The number of methoxy groups -OCH3 is 1. The Labute approximate surface area is 187 Å². The lowest BCUT2D eigenvalue weighted by atomic mass is 9.95. The molecule has 0 spiro atoms. The van der Waals surface area contributed by atoms with Crippen molar-refractivity contribution in [1.29, 1.82) is 0 Å². The van der Waals surface area contributed by atoms with Gasteiger partial charge in [0.15, 0.2) is 11.5 Å². The molecule has 1 atom stereocenters. The van der Waals surface area contributed by atoms with Gasteiger partial charge >= 0.3 is 0 Å². The number of nitrogens with one attached hydrogen (secondary N) is 1. The van der Waals surface area contributed by atoms with Crippen LogP contribution in [0.25, 0.3) is 0 Å². The molecule has 9 nitrogen and oxygen atoms in total. The molecular weight excluding hydrogens is 443 g/mol. The van der Waals surface area contributed by atoms with Crippen LogP contribution >= 0.6 is 23.2 Å². The molecule has 0 fully saturated rings. The number of ether oxygens (including phenoxy) is 2. The fourth-order valence-electron chi connectivity index (χ4n) is 3.41. The summed E-state index contributed by atoms with van der Waals surface area (Å²) in [7, 11) is 1.53. The number of rotatable bonds is 6. The predicted octanol–water partition coefficient (Wildman–Crippen LogP) is 3.34. The van der Waals surface area contributed by atoms with Crippen molar-refractivity contribution in [3.05, 3.63) is 68.8 Å². The van der Waals surface area contributed by atoms with E-state index in [1.54, 1.807) is 43.3 Å². The van der Waals surface area contributed by atoms with E-state index < -0.39 is 11.9 Å². The van der Waals surface area contributed by atoms with Crippen LogP contribution in [0, 0.1) is 0 Å². The topological polar surface area (TPSA) is 117 Å². The number of anilines is 1. The number of primary amides is 1. The number of nitrogens with two attached hydrogens (primary N) is 1. The van der Waals surface area contributed by atoms with E-state index >= 15 is 0 Å². The van der Waals surface area contributed by atoms with Gasteiger partial charge in [-0.25, -0.2) is 0 Å². The summed E-state index contributed by atoms with van der Waals surface area (Å²) in [6.07, 6.45) is 0. The Morgan fingerprint density at radius 2 is 2.03 bits per heavy atom. The first-order chi connectivity index (χ1) is 14.9. The summed E-state index contributed by atoms with van der Waals surface area (Å²) in [4.78, 5) is 12.2. The largest absolute Gasteiger partial charge is 0.493 e. The number of benzene rings is 2. The van der Waals surface area contributed by atoms with Gasteiger partial charge in [0.25, 0.3) is 0 Å². The molecule has 31 heavy (non-hydrogen) atoms. The number of tetrazole rings is 1. The molecular formula is C20H18Cl2N6O3. The maximum absolute atomic E-state index is 12.2. The number of amides is 1. The van der Waals surface area contributed by atoms with Crippen molar-refractivity contribution in [2.75, 3.05) is 12.4 Å². The molecule has 160 valence electrons. The molecule has 0 saturated carbocycles. The van der Waals surface area contributed by atoms with Crippen LogP contribution in [0.4, 0.5) is 5.95 Å². The average molecular weight is 461 g/mol. The Morgan fingerprint density at radius 3 is 2.74 bits per heavy atom. The molecule has 4 rings (SSSR count). The maximum Gasteiger partial charge on any atom is 0.248 e. The van der Waals surface area contributed by atoms with E-state index in [9.17, 15) is 4.79 Å². The fourth-order valence-corrected chi connectivity index (χ4v) is 3.87. The molecule has 11 heteroatoms. The van der Waals surface area contributed by atoms with Crippen molar-refractivity contribution < 1.29 is 14.3 Å². The molecule has 1 unspecified atom stereocenters. The second-order valence-electron chi connectivity index (χ2n) is 6.81. The standard InChI is InChI=1S/C20H18Cl2N6O3/c1-10-17(19(23)29)18(28-20(24-10)25-26-27-28)11-4-6-15(16(7-11)30-2)31-9-12-3-5-13(21)8-14(12)22/h3-8,18H,9H2,1-2H3,(H2,23,29)(H,24,25,27). The van der Waals surface area contributed by atoms with Crippen LogP contribution in [0.1, 0.15) is 24.1 Å². The number of aromatic nitrogens is 4. The first-order valence-corrected chi connectivity index (χ1v) is 9.94. The van der Waals surface area contributed by atoms with Gasteiger partial charge in [-0.1, -0.05) is 40.4 Å². The van der Waals surface area contributed by atoms with E-state index in [2.05, 4.69) is 20.8 Å². The third-order valence-electron chi connectivity index (χ3n) is 4.88. The van der Waals surface area contributed by atoms with E-state index in [-0.39, 0.29) is 6.61 Å². The third kappa shape index (κ3) is 4.01. The molecule has 1 aliphatic rings. The first kappa shape index (κ1) is 21.0. The van der Waals surface area contributed by atoms with Crippen molar-refractivity contribution in [2.24, 2.45) is 5.73 Å². The van der Waals surface area contributed by atoms with Crippen LogP contribution in [0.5, 0.6) is 11.5 Å². The summed E-state index contributed by atoms with van der Waals surface area (Å²) in [5.74, 6) is 0.804. The highest BCUT2D eigenvalue weighted by Gasteiger charge is 2.33. The van der Waals surface area contributed by atoms with Crippen LogP contribution in [0.15, 0.2) is 47.7 Å². The van der Waals surface area contributed by atoms with Crippen molar-refractivity contribution >= 4 is 35.1 Å². The fraction of sp³-hybridized carbons (Fsp3) is 0.200. The number of carbonyl (C=O) groups is 1. The number of allylic oxidation sites excluding steroid dienone is 1. The van der Waals surface area contributed by atoms with Gasteiger partial charge in [-0.15, -0.1) is 0 Å². The third-order valence-corrected chi connectivity index (χ3v) is 5.47. The van der Waals surface area contributed by atoms with Crippen LogP contribution in [-0.2, 0) is 11.4 Å². The van der Waals surface area contributed by atoms with Gasteiger partial charge in [-0.2, -0.15) is 4.68 Å². The number of halogens is 2. The van der Waals surface area contributed by atoms with Gasteiger partial charge in [0.2, 0.25) is 11.9 Å². The van der Waals surface area contributed by atoms with Gasteiger partial charge in [-0.05, 0) is 47.2 Å². The zero-order valence-corrected chi connectivity index (χ0v) is 18.1. The van der Waals surface area contributed by atoms with Gasteiger partial charge in [0.1, 0.15) is 12.6 Å². The van der Waals surface area contributed by atoms with E-state index in [1.165, 1.54) is 11.8 Å². The Bertz CT molecular complexity index is 1190. The van der Waals surface area contributed by atoms with E-state index in [4.69, 9.17) is 38.4 Å². The molecule has 1 amide bonds. The zero-order chi connectivity index (χ0) is 22.1. The van der Waals surface area contributed by atoms with Gasteiger partial charge in [-0.3, -0.25) is 4.79 Å². The minimum Gasteiger partial charge on any atom is -0.493 e. The lowest BCUT2D eigenvalue weighted by Crippen LogP contribution is -2.31. The van der Waals surface area contributed by atoms with Crippen LogP contribution in [0.3, 0.4) is 0 Å². The Morgan fingerprint density at radius 1 is 1.23 bits per heavy atom. The molecule has 0 saturated heterocycles. The summed E-state index contributed by atoms with van der Waals surface area (Å²) >= 11 is 12.2. The normalized spacial score (nSPS) is 15.3. The Hall–Kier alpha value is -3.30. The van der Waals surface area contributed by atoms with Crippen molar-refractivity contribution in [1.82, 2.24) is 20.2 Å². The first-order valence-electron chi connectivity index (χ1n) is 9.19. The van der Waals surface area contributed by atoms with Gasteiger partial charge in [0.05, 0.1) is 12.7 Å². The minimum atomic E-state index is -0.614. The molecule has 0 aliphatic carbocycles. The van der Waals surface area contributed by atoms with Crippen molar-refractivity contribution in [2.45, 2.75) is 19.6 Å². The Kier molecular flexibility index (Phi) is 5.71. The highest BCUT2D eigenvalue weighted by Crippen LogP contribution is 2.38. The molecule has 1 aliphatic heterocycles. The second kappa shape index (κ2) is 8.44. The van der Waals surface area contributed by atoms with Crippen LogP contribution in [-0.4, -0.2) is 33.2 Å². The number of fused-ring (bicyclic) bond motifs is 1. The highest BCUT2D eigenvalue weighted by molar-refractivity contribution is 6.35. The zero-order valence-electron chi connectivity index (χ0n) is 16.6. The number of nitrogens with zero attached hydrogens (tertiary/aromatic N) is 4. The molecule has 2 aromatic carbocycles. The van der Waals surface area contributed by atoms with E-state index in [0.29, 0.717) is 44.3 Å². The van der Waals surface area contributed by atoms with Crippen molar-refractivity contribution in [3.63, 3.8) is 0 Å². The minimum absolute atomic E-state index is 0.224. The monoisotopic (exact) mass is 460 g/mol. The summed E-state index contributed by atoms with van der Waals surface area (Å²) in [6, 6.07) is 9.90. The lowest BCUT2D eigenvalue weighted by molar-refractivity contribution is -0.115. The number of hydrogen-bond donors (Lipinski definition) is 2.